The average Bonchev–Trinajstić information content (AvgIpc) is 3.04. The van der Waals surface area contributed by atoms with Gasteiger partial charge in [0.25, 0.3) is 0 Å². The number of rotatable bonds is 17. The van der Waals surface area contributed by atoms with Crippen LogP contribution < -0.4 is 4.57 Å². The zero-order valence-electron chi connectivity index (χ0n) is 16.6. The predicted molar refractivity (Wildman–Crippen MR) is 105 cm³/mol. The maximum absolute atomic E-state index is 2.36. The van der Waals surface area contributed by atoms with Crippen molar-refractivity contribution in [3.63, 3.8) is 0 Å². The number of unbranched alkanes of at least 4 members (excludes halogenated alkanes) is 13. The third-order valence-corrected chi connectivity index (χ3v) is 5.04. The Morgan fingerprint density at radius 2 is 1.12 bits per heavy atom. The summed E-state index contributed by atoms with van der Waals surface area (Å²) in [5.74, 6) is 0. The van der Waals surface area contributed by atoms with Gasteiger partial charge in [0, 0.05) is 0 Å². The standard InChI is InChI=1S/C22H43N2/c1-3-5-7-8-9-10-11-12-13-14-15-17-19-24-21-20-23(22-24)18-16-6-4-2/h20-22H,3-19H2,1-2H3/q+1. The maximum atomic E-state index is 2.36. The van der Waals surface area contributed by atoms with E-state index in [0.717, 1.165) is 0 Å². The molecule has 0 saturated carbocycles. The molecule has 0 saturated heterocycles. The largest absolute Gasteiger partial charge is 0.243 e. The first-order valence-electron chi connectivity index (χ1n) is 10.9. The molecule has 0 fully saturated rings. The molecule has 0 amide bonds. The van der Waals surface area contributed by atoms with Crippen molar-refractivity contribution in [3.05, 3.63) is 18.7 Å². The van der Waals surface area contributed by atoms with Gasteiger partial charge in [-0.05, 0) is 25.7 Å². The van der Waals surface area contributed by atoms with Crippen LogP contribution in [0.1, 0.15) is 110 Å². The van der Waals surface area contributed by atoms with Gasteiger partial charge >= 0.3 is 0 Å². The van der Waals surface area contributed by atoms with E-state index in [0.29, 0.717) is 0 Å². The quantitative estimate of drug-likeness (QED) is 0.222. The van der Waals surface area contributed by atoms with Crippen molar-refractivity contribution in [2.45, 2.75) is 123 Å². The summed E-state index contributed by atoms with van der Waals surface area (Å²) < 4.78 is 4.71. The number of imidazole rings is 1. The van der Waals surface area contributed by atoms with E-state index < -0.39 is 0 Å². The fourth-order valence-corrected chi connectivity index (χ4v) is 3.38. The Bertz CT molecular complexity index is 370. The van der Waals surface area contributed by atoms with E-state index in [2.05, 4.69) is 41.7 Å². The van der Waals surface area contributed by atoms with Crippen molar-refractivity contribution in [2.24, 2.45) is 0 Å². The molecule has 0 N–H and O–H groups in total. The fraction of sp³-hybridized carbons (Fsp3) is 0.864. The van der Waals surface area contributed by atoms with Crippen molar-refractivity contribution in [1.29, 1.82) is 0 Å². The van der Waals surface area contributed by atoms with E-state index in [9.17, 15) is 0 Å². The molecule has 0 spiro atoms. The van der Waals surface area contributed by atoms with Crippen LogP contribution in [0, 0.1) is 0 Å². The second-order valence-electron chi connectivity index (χ2n) is 7.49. The summed E-state index contributed by atoms with van der Waals surface area (Å²) in [7, 11) is 0. The van der Waals surface area contributed by atoms with Crippen LogP contribution in [0.4, 0.5) is 0 Å². The first kappa shape index (κ1) is 21.3. The number of hydrogen-bond acceptors (Lipinski definition) is 0. The Morgan fingerprint density at radius 3 is 1.71 bits per heavy atom. The number of hydrogen-bond donors (Lipinski definition) is 0. The van der Waals surface area contributed by atoms with Crippen LogP contribution in [-0.2, 0) is 13.1 Å². The van der Waals surface area contributed by atoms with E-state index in [4.69, 9.17) is 0 Å². The summed E-state index contributed by atoms with van der Waals surface area (Å²) in [4.78, 5) is 0. The molecule has 1 aromatic rings. The molecular formula is C22H43N2+. The molecular weight excluding hydrogens is 292 g/mol. The highest BCUT2D eigenvalue weighted by Gasteiger charge is 2.03. The van der Waals surface area contributed by atoms with Crippen LogP contribution in [-0.4, -0.2) is 4.57 Å². The van der Waals surface area contributed by atoms with Gasteiger partial charge in [-0.3, -0.25) is 0 Å². The van der Waals surface area contributed by atoms with Gasteiger partial charge in [-0.25, -0.2) is 9.13 Å². The molecule has 1 heterocycles. The van der Waals surface area contributed by atoms with Crippen molar-refractivity contribution < 1.29 is 4.57 Å². The van der Waals surface area contributed by atoms with Gasteiger partial charge in [0.1, 0.15) is 12.4 Å². The molecule has 0 atom stereocenters. The summed E-state index contributed by atoms with van der Waals surface area (Å²) >= 11 is 0. The zero-order chi connectivity index (χ0) is 17.3. The molecule has 0 aliphatic rings. The predicted octanol–water partition coefficient (Wildman–Crippen LogP) is 6.67. The van der Waals surface area contributed by atoms with Gasteiger partial charge in [0.2, 0.25) is 6.33 Å². The van der Waals surface area contributed by atoms with Crippen molar-refractivity contribution in [1.82, 2.24) is 4.57 Å². The van der Waals surface area contributed by atoms with Crippen LogP contribution >= 0.6 is 0 Å². The molecule has 2 nitrogen and oxygen atoms in total. The summed E-state index contributed by atoms with van der Waals surface area (Å²) in [5.41, 5.74) is 0. The summed E-state index contributed by atoms with van der Waals surface area (Å²) in [6.07, 6.45) is 27.9. The molecule has 0 aromatic carbocycles. The molecule has 0 bridgehead atoms. The lowest BCUT2D eigenvalue weighted by atomic mass is 10.1. The minimum atomic E-state index is 1.18. The van der Waals surface area contributed by atoms with Crippen LogP contribution in [0.25, 0.3) is 0 Å². The minimum Gasteiger partial charge on any atom is -0.237 e. The molecule has 0 radical (unpaired) electrons. The van der Waals surface area contributed by atoms with Gasteiger partial charge in [-0.2, -0.15) is 0 Å². The highest BCUT2D eigenvalue weighted by molar-refractivity contribution is 4.66. The van der Waals surface area contributed by atoms with Crippen molar-refractivity contribution >= 4 is 0 Å². The van der Waals surface area contributed by atoms with Gasteiger partial charge in [-0.1, -0.05) is 84.5 Å². The fourth-order valence-electron chi connectivity index (χ4n) is 3.38. The van der Waals surface area contributed by atoms with Crippen LogP contribution in [0.2, 0.25) is 0 Å². The molecule has 1 rings (SSSR count). The van der Waals surface area contributed by atoms with Crippen LogP contribution in [0.3, 0.4) is 0 Å². The third-order valence-electron chi connectivity index (χ3n) is 5.04. The molecule has 0 aliphatic heterocycles. The monoisotopic (exact) mass is 335 g/mol. The van der Waals surface area contributed by atoms with E-state index >= 15 is 0 Å². The Hall–Kier alpha value is -0.790. The Labute approximate surface area is 151 Å². The third kappa shape index (κ3) is 11.7. The Morgan fingerprint density at radius 1 is 0.625 bits per heavy atom. The van der Waals surface area contributed by atoms with Crippen molar-refractivity contribution in [2.75, 3.05) is 0 Å². The second-order valence-corrected chi connectivity index (χ2v) is 7.49. The number of aryl methyl sites for hydroxylation is 2. The lowest BCUT2D eigenvalue weighted by molar-refractivity contribution is -0.696. The molecule has 140 valence electrons. The Balaban J connectivity index is 1.86. The van der Waals surface area contributed by atoms with Crippen LogP contribution in [0.15, 0.2) is 18.7 Å². The minimum absolute atomic E-state index is 1.18. The molecule has 24 heavy (non-hydrogen) atoms. The highest BCUT2D eigenvalue weighted by Crippen LogP contribution is 2.11. The normalized spacial score (nSPS) is 11.2. The van der Waals surface area contributed by atoms with E-state index in [1.807, 2.05) is 0 Å². The first-order chi connectivity index (χ1) is 11.9. The number of nitrogens with zero attached hydrogens (tertiary/aromatic N) is 2. The Kier molecular flexibility index (Phi) is 13.9. The van der Waals surface area contributed by atoms with E-state index in [-0.39, 0.29) is 0 Å². The smallest absolute Gasteiger partial charge is 0.237 e. The first-order valence-corrected chi connectivity index (χ1v) is 10.9. The molecule has 2 heteroatoms. The molecule has 1 aromatic heterocycles. The lowest BCUT2D eigenvalue weighted by Gasteiger charge is -2.02. The van der Waals surface area contributed by atoms with Gasteiger partial charge in [0.05, 0.1) is 13.1 Å². The summed E-state index contributed by atoms with van der Waals surface area (Å²) in [6.45, 7) is 6.93. The lowest BCUT2D eigenvalue weighted by Crippen LogP contribution is -2.30. The maximum Gasteiger partial charge on any atom is 0.243 e. The van der Waals surface area contributed by atoms with E-state index in [1.54, 1.807) is 0 Å². The van der Waals surface area contributed by atoms with Gasteiger partial charge in [0.15, 0.2) is 0 Å². The summed E-state index contributed by atoms with van der Waals surface area (Å²) in [6, 6.07) is 0. The van der Waals surface area contributed by atoms with Gasteiger partial charge in [-0.15, -0.1) is 0 Å². The molecule has 0 unspecified atom stereocenters. The highest BCUT2D eigenvalue weighted by atomic mass is 15.1. The summed E-state index contributed by atoms with van der Waals surface area (Å²) in [5, 5.41) is 0. The van der Waals surface area contributed by atoms with Crippen molar-refractivity contribution in [3.8, 4) is 0 Å². The van der Waals surface area contributed by atoms with Gasteiger partial charge < -0.3 is 0 Å². The SMILES string of the molecule is CCCCCCCCCCCCCC[n+]1ccn(CCCCC)c1. The zero-order valence-corrected chi connectivity index (χ0v) is 16.6. The average molecular weight is 336 g/mol. The molecule has 0 aliphatic carbocycles. The van der Waals surface area contributed by atoms with E-state index in [1.165, 1.54) is 109 Å². The van der Waals surface area contributed by atoms with Crippen LogP contribution in [0.5, 0.6) is 0 Å². The second kappa shape index (κ2) is 15.7. The number of aromatic nitrogens is 2. The topological polar surface area (TPSA) is 8.81 Å².